The third kappa shape index (κ3) is 4.28. The van der Waals surface area contributed by atoms with E-state index in [2.05, 4.69) is 5.32 Å². The molecule has 2 aliphatic carbocycles. The van der Waals surface area contributed by atoms with Gasteiger partial charge in [0, 0.05) is 12.5 Å². The minimum atomic E-state index is 0.132. The molecule has 2 aliphatic rings. The van der Waals surface area contributed by atoms with Crippen LogP contribution >= 0.6 is 0 Å². The van der Waals surface area contributed by atoms with Gasteiger partial charge in [-0.25, -0.2) is 0 Å². The van der Waals surface area contributed by atoms with Crippen LogP contribution in [0.25, 0.3) is 0 Å². The molecule has 17 heavy (non-hydrogen) atoms. The monoisotopic (exact) mass is 240 g/mol. The molecule has 2 fully saturated rings. The van der Waals surface area contributed by atoms with Gasteiger partial charge in [0.15, 0.2) is 0 Å². The molecule has 1 amide bonds. The zero-order valence-corrected chi connectivity index (χ0v) is 10.5. The average molecular weight is 240 g/mol. The summed E-state index contributed by atoms with van der Waals surface area (Å²) in [6.07, 6.45) is 7.84. The van der Waals surface area contributed by atoms with Crippen LogP contribution < -0.4 is 11.1 Å². The van der Waals surface area contributed by atoms with Gasteiger partial charge in [0.2, 0.25) is 5.91 Å². The summed E-state index contributed by atoms with van der Waals surface area (Å²) >= 11 is 0. The molecule has 0 aromatic carbocycles. The minimum absolute atomic E-state index is 0.132. The zero-order chi connectivity index (χ0) is 12.1. The van der Waals surface area contributed by atoms with Crippen LogP contribution in [0.5, 0.6) is 0 Å². The minimum Gasteiger partial charge on any atom is -0.377 e. The molecule has 0 radical (unpaired) electrons. The fourth-order valence-corrected chi connectivity index (χ4v) is 2.49. The number of nitrogens with one attached hydrogen (secondary N) is 1. The SMILES string of the molecule is NCC1CCCCC1OCCC(=O)NC1CC1. The highest BCUT2D eigenvalue weighted by Gasteiger charge is 2.25. The highest BCUT2D eigenvalue weighted by atomic mass is 16.5. The zero-order valence-electron chi connectivity index (χ0n) is 10.5. The summed E-state index contributed by atoms with van der Waals surface area (Å²) in [5.74, 6) is 0.628. The van der Waals surface area contributed by atoms with E-state index in [1.165, 1.54) is 19.3 Å². The second-order valence-corrected chi connectivity index (χ2v) is 5.28. The van der Waals surface area contributed by atoms with Gasteiger partial charge < -0.3 is 15.8 Å². The highest BCUT2D eigenvalue weighted by Crippen LogP contribution is 2.26. The van der Waals surface area contributed by atoms with Gasteiger partial charge in [0.25, 0.3) is 0 Å². The maximum Gasteiger partial charge on any atom is 0.222 e. The van der Waals surface area contributed by atoms with Crippen LogP contribution in [0.1, 0.15) is 44.9 Å². The van der Waals surface area contributed by atoms with E-state index in [4.69, 9.17) is 10.5 Å². The van der Waals surface area contributed by atoms with Gasteiger partial charge in [0.05, 0.1) is 12.7 Å². The van der Waals surface area contributed by atoms with Crippen LogP contribution in [0.3, 0.4) is 0 Å². The third-order valence-electron chi connectivity index (χ3n) is 3.75. The first-order valence-corrected chi connectivity index (χ1v) is 6.90. The quantitative estimate of drug-likeness (QED) is 0.733. The maximum absolute atomic E-state index is 11.5. The number of hydrogen-bond acceptors (Lipinski definition) is 3. The lowest BCUT2D eigenvalue weighted by Gasteiger charge is -2.30. The Hall–Kier alpha value is -0.610. The van der Waals surface area contributed by atoms with Gasteiger partial charge in [-0.15, -0.1) is 0 Å². The van der Waals surface area contributed by atoms with Crippen molar-refractivity contribution in [1.82, 2.24) is 5.32 Å². The van der Waals surface area contributed by atoms with E-state index in [-0.39, 0.29) is 12.0 Å². The van der Waals surface area contributed by atoms with E-state index in [0.717, 1.165) is 19.3 Å². The topological polar surface area (TPSA) is 64.3 Å². The van der Waals surface area contributed by atoms with Crippen molar-refractivity contribution in [2.75, 3.05) is 13.2 Å². The molecular weight excluding hydrogens is 216 g/mol. The molecule has 0 bridgehead atoms. The number of nitrogens with two attached hydrogens (primary N) is 1. The molecule has 2 unspecified atom stereocenters. The van der Waals surface area contributed by atoms with Crippen LogP contribution in [0.4, 0.5) is 0 Å². The fourth-order valence-electron chi connectivity index (χ4n) is 2.49. The van der Waals surface area contributed by atoms with Gasteiger partial charge in [-0.05, 0) is 38.1 Å². The second-order valence-electron chi connectivity index (χ2n) is 5.28. The normalized spacial score (nSPS) is 29.0. The molecule has 4 nitrogen and oxygen atoms in total. The molecule has 3 N–H and O–H groups in total. The smallest absolute Gasteiger partial charge is 0.222 e. The Morgan fingerprint density at radius 2 is 2.00 bits per heavy atom. The molecule has 2 saturated carbocycles. The molecule has 0 aromatic rings. The second kappa shape index (κ2) is 6.36. The molecule has 0 spiro atoms. The van der Waals surface area contributed by atoms with Crippen molar-refractivity contribution in [1.29, 1.82) is 0 Å². The Morgan fingerprint density at radius 3 is 2.71 bits per heavy atom. The number of ether oxygens (including phenoxy) is 1. The van der Waals surface area contributed by atoms with Crippen molar-refractivity contribution in [3.63, 3.8) is 0 Å². The Balaban J connectivity index is 1.60. The number of rotatable bonds is 6. The lowest BCUT2D eigenvalue weighted by molar-refractivity contribution is -0.123. The number of carbonyl (C=O) groups is 1. The van der Waals surface area contributed by atoms with Crippen LogP contribution in [0.15, 0.2) is 0 Å². The molecule has 0 aromatic heterocycles. The van der Waals surface area contributed by atoms with Crippen LogP contribution in [-0.4, -0.2) is 31.2 Å². The van der Waals surface area contributed by atoms with Gasteiger partial charge in [-0.1, -0.05) is 12.8 Å². The maximum atomic E-state index is 11.5. The van der Waals surface area contributed by atoms with Crippen molar-refractivity contribution < 1.29 is 9.53 Å². The lowest BCUT2D eigenvalue weighted by atomic mass is 9.86. The third-order valence-corrected chi connectivity index (χ3v) is 3.75. The highest BCUT2D eigenvalue weighted by molar-refractivity contribution is 5.76. The van der Waals surface area contributed by atoms with E-state index in [0.29, 0.717) is 31.5 Å². The number of hydrogen-bond donors (Lipinski definition) is 2. The molecule has 2 rings (SSSR count). The first-order valence-electron chi connectivity index (χ1n) is 6.90. The summed E-state index contributed by atoms with van der Waals surface area (Å²) in [6.45, 7) is 1.25. The van der Waals surface area contributed by atoms with E-state index in [1.54, 1.807) is 0 Å². The Bertz CT molecular complexity index is 254. The summed E-state index contributed by atoms with van der Waals surface area (Å²) in [6, 6.07) is 0.453. The Morgan fingerprint density at radius 1 is 1.24 bits per heavy atom. The van der Waals surface area contributed by atoms with Gasteiger partial charge >= 0.3 is 0 Å². The van der Waals surface area contributed by atoms with Crippen molar-refractivity contribution >= 4 is 5.91 Å². The van der Waals surface area contributed by atoms with E-state index in [1.807, 2.05) is 0 Å². The van der Waals surface area contributed by atoms with Gasteiger partial charge in [-0.2, -0.15) is 0 Å². The lowest BCUT2D eigenvalue weighted by Crippen LogP contribution is -2.34. The first-order chi connectivity index (χ1) is 8.29. The molecular formula is C13H24N2O2. The molecule has 0 saturated heterocycles. The summed E-state index contributed by atoms with van der Waals surface area (Å²) in [5.41, 5.74) is 5.74. The fraction of sp³-hybridized carbons (Fsp3) is 0.923. The predicted octanol–water partition coefficient (Wildman–Crippen LogP) is 1.19. The van der Waals surface area contributed by atoms with Gasteiger partial charge in [0.1, 0.15) is 0 Å². The molecule has 2 atom stereocenters. The van der Waals surface area contributed by atoms with Gasteiger partial charge in [-0.3, -0.25) is 4.79 Å². The van der Waals surface area contributed by atoms with E-state index >= 15 is 0 Å². The van der Waals surface area contributed by atoms with Crippen LogP contribution in [0.2, 0.25) is 0 Å². The predicted molar refractivity (Wildman–Crippen MR) is 66.5 cm³/mol. The largest absolute Gasteiger partial charge is 0.377 e. The summed E-state index contributed by atoms with van der Waals surface area (Å²) in [5, 5.41) is 2.97. The van der Waals surface area contributed by atoms with Crippen molar-refractivity contribution in [3.05, 3.63) is 0 Å². The summed E-state index contributed by atoms with van der Waals surface area (Å²) in [4.78, 5) is 11.5. The first kappa shape index (κ1) is 12.8. The summed E-state index contributed by atoms with van der Waals surface area (Å²) < 4.78 is 5.82. The molecule has 98 valence electrons. The Labute approximate surface area is 103 Å². The standard InChI is InChI=1S/C13H24N2O2/c14-9-10-3-1-2-4-12(10)17-8-7-13(16)15-11-5-6-11/h10-12H,1-9,14H2,(H,15,16). The number of carbonyl (C=O) groups excluding carboxylic acids is 1. The van der Waals surface area contributed by atoms with Crippen molar-refractivity contribution in [2.45, 2.75) is 57.1 Å². The molecule has 0 heterocycles. The average Bonchev–Trinajstić information content (AvgIpc) is 3.13. The summed E-state index contributed by atoms with van der Waals surface area (Å²) in [7, 11) is 0. The molecule has 4 heteroatoms. The van der Waals surface area contributed by atoms with Crippen molar-refractivity contribution in [2.24, 2.45) is 11.7 Å². The van der Waals surface area contributed by atoms with Crippen LogP contribution in [0, 0.1) is 5.92 Å². The number of amides is 1. The molecule has 0 aliphatic heterocycles. The van der Waals surface area contributed by atoms with Crippen LogP contribution in [-0.2, 0) is 9.53 Å². The van der Waals surface area contributed by atoms with E-state index in [9.17, 15) is 4.79 Å². The Kier molecular flexibility index (Phi) is 4.80. The van der Waals surface area contributed by atoms with E-state index < -0.39 is 0 Å². The van der Waals surface area contributed by atoms with Crippen molar-refractivity contribution in [3.8, 4) is 0 Å².